The van der Waals surface area contributed by atoms with Crippen LogP contribution in [-0.4, -0.2) is 41.0 Å². The summed E-state index contributed by atoms with van der Waals surface area (Å²) in [6.07, 6.45) is 3.12. The number of nitrogens with zero attached hydrogens (tertiary/aromatic N) is 1. The molecule has 0 spiro atoms. The van der Waals surface area contributed by atoms with Gasteiger partial charge in [0.1, 0.15) is 14.3 Å². The molecule has 0 fully saturated rings. The fourth-order valence-electron chi connectivity index (χ4n) is 8.88. The van der Waals surface area contributed by atoms with Gasteiger partial charge >= 0.3 is 5.97 Å². The number of carbonyl (C=O) groups excluding carboxylic acids is 1. The zero-order valence-electron chi connectivity index (χ0n) is 30.0. The lowest BCUT2D eigenvalue weighted by Crippen LogP contribution is -2.64. The van der Waals surface area contributed by atoms with Crippen molar-refractivity contribution in [3.05, 3.63) is 36.0 Å². The summed E-state index contributed by atoms with van der Waals surface area (Å²) >= 11 is 0. The smallest absolute Gasteiger partial charge is 0.309 e. The lowest BCUT2D eigenvalue weighted by Gasteiger charge is -2.47. The van der Waals surface area contributed by atoms with E-state index in [1.165, 1.54) is 34.6 Å². The molecule has 0 unspecified atom stereocenters. The molecule has 240 valence electrons. The van der Waals surface area contributed by atoms with E-state index >= 15 is 0 Å². The standard InChI is InChI=1S/C35H66N2O2Si3/c1-16-40(17-2,18-3)37-24-31(32-21-19-20-22-34(32)37)23-33(36-41(25(4)5,26(6)7)27(8)9)35(38)39-42(28(10)11,29(12)13)30(14)15/h19-22,24-30,33,36H,16-18,23H2,1-15H3/t33-/m0/s1. The molecule has 0 radical (unpaired) electrons. The van der Waals surface area contributed by atoms with E-state index in [0.717, 1.165) is 0 Å². The molecular formula is C35H66N2O2Si3. The maximum Gasteiger partial charge on any atom is 0.309 e. The summed E-state index contributed by atoms with van der Waals surface area (Å²) in [5.74, 6) is -0.0154. The summed E-state index contributed by atoms with van der Waals surface area (Å²) in [4.78, 5) is 18.9. The van der Waals surface area contributed by atoms with Crippen molar-refractivity contribution in [1.29, 1.82) is 0 Å². The van der Waals surface area contributed by atoms with Gasteiger partial charge < -0.3 is 13.6 Å². The molecule has 2 rings (SSSR count). The number of benzene rings is 1. The van der Waals surface area contributed by atoms with Crippen molar-refractivity contribution in [1.82, 2.24) is 9.22 Å². The molecule has 0 aliphatic rings. The van der Waals surface area contributed by atoms with Crippen molar-refractivity contribution >= 4 is 41.7 Å². The zero-order valence-corrected chi connectivity index (χ0v) is 33.0. The second kappa shape index (κ2) is 14.7. The number of para-hydroxylation sites is 1. The Morgan fingerprint density at radius 3 is 1.60 bits per heavy atom. The SMILES string of the molecule is CC[Si](CC)(CC)n1cc(C[C@H](N[Si](C(C)C)(C(C)C)C(C)C)C(=O)O[Si](C(C)C)(C(C)C)C(C)C)c2ccccc21. The van der Waals surface area contributed by atoms with Crippen molar-refractivity contribution in [3.63, 3.8) is 0 Å². The summed E-state index contributed by atoms with van der Waals surface area (Å²) in [7, 11) is -6.21. The third kappa shape index (κ3) is 6.74. The van der Waals surface area contributed by atoms with Gasteiger partial charge in [-0.05, 0) is 75.6 Å². The maximum atomic E-state index is 14.7. The van der Waals surface area contributed by atoms with Crippen molar-refractivity contribution in [3.8, 4) is 0 Å². The highest BCUT2D eigenvalue weighted by Gasteiger charge is 2.51. The summed E-state index contributed by atoms with van der Waals surface area (Å²) in [6.45, 7) is 35.0. The quantitative estimate of drug-likeness (QED) is 0.188. The summed E-state index contributed by atoms with van der Waals surface area (Å²) < 4.78 is 9.63. The largest absolute Gasteiger partial charge is 0.517 e. The zero-order chi connectivity index (χ0) is 32.2. The fourth-order valence-corrected chi connectivity index (χ4v) is 23.6. The number of hydrogen-bond acceptors (Lipinski definition) is 3. The number of nitrogens with one attached hydrogen (secondary N) is 1. The molecule has 0 saturated carbocycles. The molecule has 42 heavy (non-hydrogen) atoms. The molecule has 2 aromatic rings. The van der Waals surface area contributed by atoms with Crippen molar-refractivity contribution in [2.75, 3.05) is 0 Å². The second-order valence-electron chi connectivity index (χ2n) is 14.9. The highest BCUT2D eigenvalue weighted by molar-refractivity contribution is 6.82. The van der Waals surface area contributed by atoms with Gasteiger partial charge in [0.25, 0.3) is 8.32 Å². The Morgan fingerprint density at radius 2 is 1.19 bits per heavy atom. The van der Waals surface area contributed by atoms with Crippen LogP contribution in [0.2, 0.25) is 51.4 Å². The molecule has 1 heterocycles. The van der Waals surface area contributed by atoms with Crippen LogP contribution in [0.25, 0.3) is 10.9 Å². The van der Waals surface area contributed by atoms with Gasteiger partial charge in [-0.15, -0.1) is 0 Å². The van der Waals surface area contributed by atoms with Crippen LogP contribution in [0.5, 0.6) is 0 Å². The molecule has 7 heteroatoms. The molecule has 0 saturated heterocycles. The van der Waals surface area contributed by atoms with Gasteiger partial charge in [-0.3, -0.25) is 4.79 Å². The summed E-state index contributed by atoms with van der Waals surface area (Å²) in [5, 5.41) is 1.30. The highest BCUT2D eigenvalue weighted by atomic mass is 28.4. The molecular weight excluding hydrogens is 565 g/mol. The van der Waals surface area contributed by atoms with Gasteiger partial charge in [0, 0.05) is 10.9 Å². The number of hydrogen-bond donors (Lipinski definition) is 1. The van der Waals surface area contributed by atoms with Crippen LogP contribution in [0.15, 0.2) is 30.5 Å². The van der Waals surface area contributed by atoms with Crippen molar-refractivity contribution in [2.24, 2.45) is 0 Å². The minimum absolute atomic E-state index is 0.0154. The Kier molecular flexibility index (Phi) is 13.0. The topological polar surface area (TPSA) is 43.3 Å². The first-order valence-electron chi connectivity index (χ1n) is 17.1. The first kappa shape index (κ1) is 37.0. The molecule has 1 aromatic carbocycles. The van der Waals surface area contributed by atoms with Gasteiger partial charge in [-0.25, -0.2) is 0 Å². The molecule has 0 bridgehead atoms. The van der Waals surface area contributed by atoms with Crippen LogP contribution in [0.3, 0.4) is 0 Å². The summed E-state index contributed by atoms with van der Waals surface area (Å²) in [6, 6.07) is 12.2. The Morgan fingerprint density at radius 1 is 0.738 bits per heavy atom. The van der Waals surface area contributed by atoms with Gasteiger partial charge in [-0.1, -0.05) is 122 Å². The molecule has 1 atom stereocenters. The average Bonchev–Trinajstić information content (AvgIpc) is 3.28. The van der Waals surface area contributed by atoms with Crippen molar-refractivity contribution < 1.29 is 9.22 Å². The van der Waals surface area contributed by atoms with E-state index in [1.807, 2.05) is 0 Å². The molecule has 0 aliphatic heterocycles. The maximum absolute atomic E-state index is 14.7. The normalized spacial score (nSPS) is 14.4. The average molecular weight is 631 g/mol. The van der Waals surface area contributed by atoms with Gasteiger partial charge in [0.2, 0.25) is 0 Å². The van der Waals surface area contributed by atoms with Crippen LogP contribution in [0, 0.1) is 0 Å². The number of carbonyl (C=O) groups is 1. The number of rotatable bonds is 16. The highest BCUT2D eigenvalue weighted by Crippen LogP contribution is 2.44. The monoisotopic (exact) mass is 630 g/mol. The Hall–Kier alpha value is -1.16. The minimum atomic E-state index is -2.40. The summed E-state index contributed by atoms with van der Waals surface area (Å²) in [5.41, 5.74) is 5.19. The van der Waals surface area contributed by atoms with Gasteiger partial charge in [-0.2, -0.15) is 0 Å². The third-order valence-electron chi connectivity index (χ3n) is 11.3. The Bertz CT molecular complexity index is 1100. The number of fused-ring (bicyclic) bond motifs is 1. The lowest BCUT2D eigenvalue weighted by atomic mass is 10.1. The van der Waals surface area contributed by atoms with E-state index in [4.69, 9.17) is 4.43 Å². The first-order valence-corrected chi connectivity index (χ1v) is 24.1. The van der Waals surface area contributed by atoms with Gasteiger partial charge in [0.15, 0.2) is 8.24 Å². The third-order valence-corrected chi connectivity index (χ3v) is 29.2. The van der Waals surface area contributed by atoms with E-state index in [0.29, 0.717) is 39.7 Å². The minimum Gasteiger partial charge on any atom is -0.517 e. The van der Waals surface area contributed by atoms with E-state index in [2.05, 4.69) is 144 Å². The predicted octanol–water partition coefficient (Wildman–Crippen LogP) is 10.9. The molecule has 0 amide bonds. The van der Waals surface area contributed by atoms with Crippen LogP contribution >= 0.6 is 0 Å². The van der Waals surface area contributed by atoms with E-state index in [-0.39, 0.29) is 12.0 Å². The van der Waals surface area contributed by atoms with E-state index < -0.39 is 24.8 Å². The lowest BCUT2D eigenvalue weighted by molar-refractivity contribution is -0.137. The van der Waals surface area contributed by atoms with Crippen LogP contribution in [-0.2, 0) is 15.6 Å². The van der Waals surface area contributed by atoms with E-state index in [9.17, 15) is 4.79 Å². The predicted molar refractivity (Wildman–Crippen MR) is 193 cm³/mol. The molecule has 4 nitrogen and oxygen atoms in total. The second-order valence-corrected chi connectivity index (χ2v) is 30.9. The van der Waals surface area contributed by atoms with Crippen molar-refractivity contribution in [2.45, 2.75) is 168 Å². The van der Waals surface area contributed by atoms with Crippen LogP contribution in [0.4, 0.5) is 0 Å². The first-order chi connectivity index (χ1) is 19.5. The van der Waals surface area contributed by atoms with Crippen LogP contribution < -0.4 is 4.98 Å². The van der Waals surface area contributed by atoms with Crippen LogP contribution in [0.1, 0.15) is 109 Å². The molecule has 0 aliphatic carbocycles. The fraction of sp³-hybridized carbons (Fsp3) is 0.743. The molecule has 1 N–H and O–H groups in total. The Labute approximate surface area is 263 Å². The molecule has 1 aromatic heterocycles. The Balaban J connectivity index is 2.79. The number of aromatic nitrogens is 1. The van der Waals surface area contributed by atoms with Gasteiger partial charge in [0.05, 0.1) is 0 Å². The van der Waals surface area contributed by atoms with E-state index in [1.54, 1.807) is 0 Å².